The summed E-state index contributed by atoms with van der Waals surface area (Å²) in [6.45, 7) is 7.28. The normalized spacial score (nSPS) is 22.5. The van der Waals surface area contributed by atoms with Gasteiger partial charge in [-0.05, 0) is 49.7 Å². The maximum atomic E-state index is 12.0. The highest BCUT2D eigenvalue weighted by Gasteiger charge is 2.33. The number of anilines is 1. The van der Waals surface area contributed by atoms with Crippen LogP contribution in [0.15, 0.2) is 24.3 Å². The van der Waals surface area contributed by atoms with E-state index in [0.717, 1.165) is 57.1 Å². The molecule has 8 heteroatoms. The molecule has 2 aliphatic rings. The van der Waals surface area contributed by atoms with Crippen molar-refractivity contribution in [1.29, 1.82) is 0 Å². The Morgan fingerprint density at radius 3 is 2.81 bits per heavy atom. The summed E-state index contributed by atoms with van der Waals surface area (Å²) in [4.78, 5) is 4.48. The zero-order chi connectivity index (χ0) is 19.3. The fraction of sp³-hybridized carbons (Fsp3) is 0.632. The van der Waals surface area contributed by atoms with Crippen LogP contribution in [0, 0.1) is 6.92 Å². The molecule has 3 rings (SSSR count). The van der Waals surface area contributed by atoms with Crippen LogP contribution in [0.4, 0.5) is 5.69 Å². The first-order valence-electron chi connectivity index (χ1n) is 9.58. The Balaban J connectivity index is 1.62. The van der Waals surface area contributed by atoms with E-state index in [1.807, 2.05) is 31.2 Å². The Morgan fingerprint density at radius 2 is 2.15 bits per heavy atom. The van der Waals surface area contributed by atoms with Crippen LogP contribution in [-0.4, -0.2) is 80.3 Å². The summed E-state index contributed by atoms with van der Waals surface area (Å²) in [5.41, 5.74) is 2.10. The Labute approximate surface area is 167 Å². The highest BCUT2D eigenvalue weighted by molar-refractivity contribution is 7.91. The predicted octanol–water partition coefficient (Wildman–Crippen LogP) is 1.90. The first kappa shape index (κ1) is 20.5. The summed E-state index contributed by atoms with van der Waals surface area (Å²) < 4.78 is 29.4. The van der Waals surface area contributed by atoms with Crippen LogP contribution in [0.2, 0.25) is 0 Å². The van der Waals surface area contributed by atoms with Gasteiger partial charge in [0.05, 0.1) is 24.7 Å². The van der Waals surface area contributed by atoms with Crippen molar-refractivity contribution < 1.29 is 13.2 Å². The van der Waals surface area contributed by atoms with Crippen molar-refractivity contribution in [1.82, 2.24) is 9.80 Å². The van der Waals surface area contributed by atoms with Crippen molar-refractivity contribution in [2.24, 2.45) is 0 Å². The highest BCUT2D eigenvalue weighted by Crippen LogP contribution is 2.20. The largest absolute Gasteiger partial charge is 0.379 e. The standard InChI is InChI=1S/C19H29N3O3S2/c1-16-4-2-5-17(14-16)20-19(26)22(18-6-13-27(23,24)15-18)8-3-7-21-9-11-25-12-10-21/h2,4-5,14,18H,3,6-13,15H2,1H3,(H,20,26)/t18-/m1/s1. The summed E-state index contributed by atoms with van der Waals surface area (Å²) in [6.07, 6.45) is 1.60. The van der Waals surface area contributed by atoms with Gasteiger partial charge in [-0.3, -0.25) is 4.90 Å². The monoisotopic (exact) mass is 411 g/mol. The molecule has 0 amide bonds. The number of sulfone groups is 1. The van der Waals surface area contributed by atoms with E-state index in [2.05, 4.69) is 15.1 Å². The van der Waals surface area contributed by atoms with Crippen LogP contribution in [0.3, 0.4) is 0 Å². The number of benzene rings is 1. The number of nitrogens with one attached hydrogen (secondary N) is 1. The van der Waals surface area contributed by atoms with Crippen molar-refractivity contribution >= 4 is 32.9 Å². The zero-order valence-electron chi connectivity index (χ0n) is 15.9. The molecule has 1 aromatic rings. The lowest BCUT2D eigenvalue weighted by Gasteiger charge is -2.33. The minimum Gasteiger partial charge on any atom is -0.379 e. The summed E-state index contributed by atoms with van der Waals surface area (Å²) in [5, 5.41) is 3.92. The number of aryl methyl sites for hydroxylation is 1. The second-order valence-electron chi connectivity index (χ2n) is 7.36. The molecule has 0 saturated carbocycles. The molecule has 2 fully saturated rings. The van der Waals surface area contributed by atoms with Crippen LogP contribution >= 0.6 is 12.2 Å². The molecular formula is C19H29N3O3S2. The number of nitrogens with zero attached hydrogens (tertiary/aromatic N) is 2. The van der Waals surface area contributed by atoms with E-state index in [4.69, 9.17) is 17.0 Å². The van der Waals surface area contributed by atoms with E-state index in [1.54, 1.807) is 0 Å². The highest BCUT2D eigenvalue weighted by atomic mass is 32.2. The lowest BCUT2D eigenvalue weighted by Crippen LogP contribution is -2.45. The van der Waals surface area contributed by atoms with Crippen molar-refractivity contribution in [3.8, 4) is 0 Å². The average molecular weight is 412 g/mol. The van der Waals surface area contributed by atoms with Gasteiger partial charge in [0.2, 0.25) is 0 Å². The Hall–Kier alpha value is -1.22. The Bertz CT molecular complexity index is 748. The number of hydrogen-bond donors (Lipinski definition) is 1. The van der Waals surface area contributed by atoms with E-state index in [0.29, 0.717) is 11.5 Å². The molecule has 0 bridgehead atoms. The van der Waals surface area contributed by atoms with Gasteiger partial charge in [0.25, 0.3) is 0 Å². The molecule has 0 unspecified atom stereocenters. The van der Waals surface area contributed by atoms with E-state index >= 15 is 0 Å². The maximum absolute atomic E-state index is 12.0. The molecule has 2 saturated heterocycles. The average Bonchev–Trinajstić information content (AvgIpc) is 2.99. The third-order valence-corrected chi connectivity index (χ3v) is 7.24. The second-order valence-corrected chi connectivity index (χ2v) is 9.97. The third kappa shape index (κ3) is 6.14. The molecule has 1 atom stereocenters. The number of thiocarbonyl (C=S) groups is 1. The van der Waals surface area contributed by atoms with Gasteiger partial charge in [-0.15, -0.1) is 0 Å². The minimum atomic E-state index is -2.96. The van der Waals surface area contributed by atoms with E-state index < -0.39 is 9.84 Å². The van der Waals surface area contributed by atoms with Gasteiger partial charge < -0.3 is 15.0 Å². The van der Waals surface area contributed by atoms with Crippen LogP contribution in [0.5, 0.6) is 0 Å². The van der Waals surface area contributed by atoms with Gasteiger partial charge in [-0.25, -0.2) is 8.42 Å². The van der Waals surface area contributed by atoms with Crippen LogP contribution < -0.4 is 5.32 Å². The molecule has 1 aromatic carbocycles. The molecule has 0 aliphatic carbocycles. The summed E-state index contributed by atoms with van der Waals surface area (Å²) >= 11 is 5.67. The van der Waals surface area contributed by atoms with Gasteiger partial charge in [0.15, 0.2) is 14.9 Å². The van der Waals surface area contributed by atoms with Gasteiger partial charge in [0.1, 0.15) is 0 Å². The van der Waals surface area contributed by atoms with E-state index in [-0.39, 0.29) is 17.5 Å². The van der Waals surface area contributed by atoms with Crippen LogP contribution in [0.1, 0.15) is 18.4 Å². The van der Waals surface area contributed by atoms with Gasteiger partial charge in [-0.1, -0.05) is 12.1 Å². The quantitative estimate of drug-likeness (QED) is 0.718. The molecule has 0 radical (unpaired) electrons. The number of rotatable bonds is 6. The van der Waals surface area contributed by atoms with E-state index in [9.17, 15) is 8.42 Å². The number of morpholine rings is 1. The first-order chi connectivity index (χ1) is 12.9. The van der Waals surface area contributed by atoms with E-state index in [1.165, 1.54) is 0 Å². The van der Waals surface area contributed by atoms with Crippen molar-refractivity contribution in [3.05, 3.63) is 29.8 Å². The molecule has 6 nitrogen and oxygen atoms in total. The molecule has 150 valence electrons. The Kier molecular flexibility index (Phi) is 7.08. The number of ether oxygens (including phenoxy) is 1. The van der Waals surface area contributed by atoms with Gasteiger partial charge in [-0.2, -0.15) is 0 Å². The smallest absolute Gasteiger partial charge is 0.173 e. The number of hydrogen-bond acceptors (Lipinski definition) is 5. The molecule has 0 aromatic heterocycles. The zero-order valence-corrected chi connectivity index (χ0v) is 17.5. The molecule has 2 heterocycles. The summed E-state index contributed by atoms with van der Waals surface area (Å²) in [7, 11) is -2.96. The first-order valence-corrected chi connectivity index (χ1v) is 11.8. The lowest BCUT2D eigenvalue weighted by molar-refractivity contribution is 0.0366. The summed E-state index contributed by atoms with van der Waals surface area (Å²) in [6, 6.07) is 8.02. The van der Waals surface area contributed by atoms with Gasteiger partial charge >= 0.3 is 0 Å². The topological polar surface area (TPSA) is 61.9 Å². The van der Waals surface area contributed by atoms with Crippen molar-refractivity contribution in [3.63, 3.8) is 0 Å². The fourth-order valence-electron chi connectivity index (χ4n) is 3.68. The van der Waals surface area contributed by atoms with Crippen LogP contribution in [0.25, 0.3) is 0 Å². The predicted molar refractivity (Wildman–Crippen MR) is 113 cm³/mol. The third-order valence-electron chi connectivity index (χ3n) is 5.16. The van der Waals surface area contributed by atoms with Crippen molar-refractivity contribution in [2.75, 3.05) is 56.2 Å². The second kappa shape index (κ2) is 9.32. The minimum absolute atomic E-state index is 0.0375. The lowest BCUT2D eigenvalue weighted by atomic mass is 10.2. The molecule has 1 N–H and O–H groups in total. The molecule has 2 aliphatic heterocycles. The maximum Gasteiger partial charge on any atom is 0.173 e. The Morgan fingerprint density at radius 1 is 1.37 bits per heavy atom. The summed E-state index contributed by atoms with van der Waals surface area (Å²) in [5.74, 6) is 0.449. The fourth-order valence-corrected chi connectivity index (χ4v) is 5.77. The molecular weight excluding hydrogens is 382 g/mol. The SMILES string of the molecule is Cc1cccc(NC(=S)N(CCCN2CCOCC2)[C@@H]2CCS(=O)(=O)C2)c1. The van der Waals surface area contributed by atoms with Gasteiger partial charge in [0, 0.05) is 37.9 Å². The molecule has 0 spiro atoms. The molecule has 27 heavy (non-hydrogen) atoms. The van der Waals surface area contributed by atoms with Crippen molar-refractivity contribution in [2.45, 2.75) is 25.8 Å². The van der Waals surface area contributed by atoms with Crippen LogP contribution in [-0.2, 0) is 14.6 Å².